The molecule has 0 aliphatic carbocycles. The molecule has 0 aliphatic rings. The molecule has 0 fully saturated rings. The molecular weight excluding hydrogens is 240 g/mol. The van der Waals surface area contributed by atoms with Gasteiger partial charge in [0.1, 0.15) is 5.69 Å². The SMILES string of the molecule is Cc1cc(C(F)(F)F)nc(S(=O)(=O)F)n1. The standard InChI is InChI=1S/C6H4F4N2O2S/c1-3-2-4(6(7,8)9)12-5(11-3)15(10,13)14/h2H,1H3. The fraction of sp³-hybridized carbons (Fsp3) is 0.333. The minimum Gasteiger partial charge on any atom is -0.221 e. The first-order valence-electron chi connectivity index (χ1n) is 3.48. The van der Waals surface area contributed by atoms with Gasteiger partial charge in [0.15, 0.2) is 0 Å². The van der Waals surface area contributed by atoms with Crippen molar-refractivity contribution in [2.24, 2.45) is 0 Å². The van der Waals surface area contributed by atoms with Crippen molar-refractivity contribution < 1.29 is 25.5 Å². The highest BCUT2D eigenvalue weighted by atomic mass is 32.3. The molecule has 84 valence electrons. The maximum atomic E-state index is 12.3. The highest BCUT2D eigenvalue weighted by Gasteiger charge is 2.34. The maximum Gasteiger partial charge on any atom is 0.433 e. The molecule has 1 aromatic heterocycles. The largest absolute Gasteiger partial charge is 0.433 e. The zero-order valence-corrected chi connectivity index (χ0v) is 8.02. The van der Waals surface area contributed by atoms with Gasteiger partial charge in [-0.25, -0.2) is 9.97 Å². The quantitative estimate of drug-likeness (QED) is 0.426. The molecule has 0 saturated carbocycles. The van der Waals surface area contributed by atoms with Gasteiger partial charge in [-0.15, -0.1) is 0 Å². The number of aryl methyl sites for hydroxylation is 1. The zero-order valence-electron chi connectivity index (χ0n) is 7.21. The second-order valence-electron chi connectivity index (χ2n) is 2.61. The number of nitrogens with zero attached hydrogens (tertiary/aromatic N) is 2. The van der Waals surface area contributed by atoms with Crippen molar-refractivity contribution in [3.63, 3.8) is 0 Å². The summed E-state index contributed by atoms with van der Waals surface area (Å²) in [6.45, 7) is 1.10. The predicted molar refractivity (Wildman–Crippen MR) is 40.1 cm³/mol. The third-order valence-corrected chi connectivity index (χ3v) is 1.96. The fourth-order valence-electron chi connectivity index (χ4n) is 0.796. The maximum absolute atomic E-state index is 12.3. The van der Waals surface area contributed by atoms with Crippen LogP contribution in [-0.2, 0) is 16.4 Å². The lowest BCUT2D eigenvalue weighted by Crippen LogP contribution is -2.13. The normalized spacial score (nSPS) is 12.9. The van der Waals surface area contributed by atoms with E-state index in [2.05, 4.69) is 9.97 Å². The Morgan fingerprint density at radius 2 is 1.80 bits per heavy atom. The second-order valence-corrected chi connectivity index (χ2v) is 3.85. The summed E-state index contributed by atoms with van der Waals surface area (Å²) >= 11 is 0. The van der Waals surface area contributed by atoms with Gasteiger partial charge in [0.2, 0.25) is 0 Å². The Morgan fingerprint density at radius 3 is 2.20 bits per heavy atom. The van der Waals surface area contributed by atoms with Crippen LogP contribution in [0.2, 0.25) is 0 Å². The topological polar surface area (TPSA) is 59.9 Å². The molecule has 0 N–H and O–H groups in total. The summed E-state index contributed by atoms with van der Waals surface area (Å²) in [6.07, 6.45) is -4.84. The number of aromatic nitrogens is 2. The summed E-state index contributed by atoms with van der Waals surface area (Å²) in [7, 11) is -5.33. The van der Waals surface area contributed by atoms with Crippen LogP contribution in [0.5, 0.6) is 0 Å². The van der Waals surface area contributed by atoms with E-state index in [-0.39, 0.29) is 5.69 Å². The van der Waals surface area contributed by atoms with E-state index in [9.17, 15) is 25.5 Å². The molecule has 9 heteroatoms. The lowest BCUT2D eigenvalue weighted by atomic mass is 10.3. The van der Waals surface area contributed by atoms with Crippen LogP contribution in [0, 0.1) is 6.92 Å². The van der Waals surface area contributed by atoms with E-state index in [1.807, 2.05) is 0 Å². The highest BCUT2D eigenvalue weighted by molar-refractivity contribution is 7.86. The van der Waals surface area contributed by atoms with Crippen LogP contribution in [0.15, 0.2) is 11.2 Å². The van der Waals surface area contributed by atoms with E-state index in [0.717, 1.165) is 6.92 Å². The van der Waals surface area contributed by atoms with E-state index in [1.165, 1.54) is 0 Å². The van der Waals surface area contributed by atoms with Gasteiger partial charge in [0, 0.05) is 5.69 Å². The lowest BCUT2D eigenvalue weighted by molar-refractivity contribution is -0.141. The Kier molecular flexibility index (Phi) is 2.68. The average molecular weight is 244 g/mol. The number of halogens is 4. The molecular formula is C6H4F4N2O2S. The fourth-order valence-corrected chi connectivity index (χ4v) is 1.26. The molecule has 0 aliphatic heterocycles. The Labute approximate surface area is 82.2 Å². The van der Waals surface area contributed by atoms with Gasteiger partial charge in [-0.1, -0.05) is 3.89 Å². The smallest absolute Gasteiger partial charge is 0.221 e. The van der Waals surface area contributed by atoms with E-state index < -0.39 is 27.2 Å². The van der Waals surface area contributed by atoms with Gasteiger partial charge in [-0.3, -0.25) is 0 Å². The van der Waals surface area contributed by atoms with Crippen molar-refractivity contribution in [3.05, 3.63) is 17.5 Å². The van der Waals surface area contributed by atoms with E-state index in [0.29, 0.717) is 6.07 Å². The number of alkyl halides is 3. The predicted octanol–water partition coefficient (Wildman–Crippen LogP) is 1.46. The molecule has 4 nitrogen and oxygen atoms in total. The van der Waals surface area contributed by atoms with Crippen LogP contribution >= 0.6 is 0 Å². The average Bonchev–Trinajstić information content (AvgIpc) is 1.99. The number of hydrogen-bond acceptors (Lipinski definition) is 4. The first kappa shape index (κ1) is 11.8. The molecule has 0 radical (unpaired) electrons. The van der Waals surface area contributed by atoms with Crippen molar-refractivity contribution in [1.82, 2.24) is 9.97 Å². The molecule has 15 heavy (non-hydrogen) atoms. The number of hydrogen-bond donors (Lipinski definition) is 0. The Hall–Kier alpha value is -1.25. The van der Waals surface area contributed by atoms with Crippen molar-refractivity contribution in [2.75, 3.05) is 0 Å². The first-order chi connectivity index (χ1) is 6.60. The van der Waals surface area contributed by atoms with Crippen molar-refractivity contribution in [1.29, 1.82) is 0 Å². The van der Waals surface area contributed by atoms with Crippen LogP contribution in [0.1, 0.15) is 11.4 Å². The highest BCUT2D eigenvalue weighted by Crippen LogP contribution is 2.28. The number of rotatable bonds is 1. The summed E-state index contributed by atoms with van der Waals surface area (Å²) < 4.78 is 69.3. The molecule has 0 amide bonds. The molecule has 0 spiro atoms. The summed E-state index contributed by atoms with van der Waals surface area (Å²) in [5.41, 5.74) is -1.78. The van der Waals surface area contributed by atoms with Crippen molar-refractivity contribution >= 4 is 10.2 Å². The third-order valence-electron chi connectivity index (χ3n) is 1.34. The van der Waals surface area contributed by atoms with Crippen LogP contribution in [0.3, 0.4) is 0 Å². The summed E-state index contributed by atoms with van der Waals surface area (Å²) in [5.74, 6) is 0. The summed E-state index contributed by atoms with van der Waals surface area (Å²) in [5, 5.41) is -1.48. The molecule has 0 unspecified atom stereocenters. The van der Waals surface area contributed by atoms with Crippen LogP contribution < -0.4 is 0 Å². The molecule has 1 heterocycles. The first-order valence-corrected chi connectivity index (χ1v) is 4.86. The van der Waals surface area contributed by atoms with E-state index in [1.54, 1.807) is 0 Å². The van der Waals surface area contributed by atoms with E-state index in [4.69, 9.17) is 0 Å². The Morgan fingerprint density at radius 1 is 1.27 bits per heavy atom. The second kappa shape index (κ2) is 3.40. The molecule has 0 atom stereocenters. The monoisotopic (exact) mass is 244 g/mol. The molecule has 0 bridgehead atoms. The van der Waals surface area contributed by atoms with Gasteiger partial charge in [0.25, 0.3) is 5.16 Å². The van der Waals surface area contributed by atoms with Gasteiger partial charge >= 0.3 is 16.4 Å². The van der Waals surface area contributed by atoms with E-state index >= 15 is 0 Å². The molecule has 0 saturated heterocycles. The van der Waals surface area contributed by atoms with Gasteiger partial charge in [0.05, 0.1) is 0 Å². The summed E-state index contributed by atoms with van der Waals surface area (Å²) in [4.78, 5) is 5.62. The molecule has 1 rings (SSSR count). The third kappa shape index (κ3) is 2.85. The van der Waals surface area contributed by atoms with Crippen LogP contribution in [0.4, 0.5) is 17.1 Å². The van der Waals surface area contributed by atoms with Gasteiger partial charge in [-0.05, 0) is 13.0 Å². The van der Waals surface area contributed by atoms with Gasteiger partial charge in [-0.2, -0.15) is 21.6 Å². The Bertz CT molecular complexity index is 482. The Balaban J connectivity index is 3.43. The zero-order chi connectivity index (χ0) is 11.9. The van der Waals surface area contributed by atoms with Crippen molar-refractivity contribution in [2.45, 2.75) is 18.3 Å². The van der Waals surface area contributed by atoms with Crippen molar-refractivity contribution in [3.8, 4) is 0 Å². The minimum atomic E-state index is -5.33. The minimum absolute atomic E-state index is 0.284. The lowest BCUT2D eigenvalue weighted by Gasteiger charge is -2.06. The van der Waals surface area contributed by atoms with Crippen LogP contribution in [0.25, 0.3) is 0 Å². The molecule has 1 aromatic rings. The summed E-state index contributed by atoms with van der Waals surface area (Å²) in [6, 6.07) is 0.522. The van der Waals surface area contributed by atoms with Crippen LogP contribution in [-0.4, -0.2) is 18.4 Å². The molecule has 0 aromatic carbocycles. The van der Waals surface area contributed by atoms with Gasteiger partial charge < -0.3 is 0 Å².